The molecular formula is C27H22BrN7O2. The van der Waals surface area contributed by atoms with Gasteiger partial charge in [0.15, 0.2) is 11.6 Å². The largest absolute Gasteiger partial charge is 0.321 e. The Morgan fingerprint density at radius 3 is 2.14 bits per heavy atom. The quantitative estimate of drug-likeness (QED) is 0.284. The van der Waals surface area contributed by atoms with E-state index in [-0.39, 0.29) is 11.1 Å². The number of H-pyrrole nitrogens is 2. The molecule has 0 saturated heterocycles. The van der Waals surface area contributed by atoms with E-state index in [1.54, 1.807) is 6.07 Å². The van der Waals surface area contributed by atoms with Gasteiger partial charge in [0.25, 0.3) is 11.1 Å². The van der Waals surface area contributed by atoms with E-state index in [9.17, 15) is 9.59 Å². The minimum atomic E-state index is -0.159. The zero-order valence-electron chi connectivity index (χ0n) is 19.8. The predicted octanol–water partition coefficient (Wildman–Crippen LogP) is 4.91. The molecule has 6 rings (SSSR count). The number of hydrogen-bond donors (Lipinski definition) is 3. The lowest BCUT2D eigenvalue weighted by molar-refractivity contribution is 0.651. The van der Waals surface area contributed by atoms with Crippen LogP contribution in [0.5, 0.6) is 0 Å². The van der Waals surface area contributed by atoms with Gasteiger partial charge in [-0.05, 0) is 40.5 Å². The van der Waals surface area contributed by atoms with Crippen LogP contribution in [0.4, 0.5) is 11.6 Å². The number of aromatic amines is 2. The summed E-state index contributed by atoms with van der Waals surface area (Å²) in [7, 11) is 0. The zero-order valence-corrected chi connectivity index (χ0v) is 21.4. The van der Waals surface area contributed by atoms with Crippen molar-refractivity contribution in [3.05, 3.63) is 121 Å². The predicted molar refractivity (Wildman–Crippen MR) is 148 cm³/mol. The van der Waals surface area contributed by atoms with Crippen LogP contribution >= 0.6 is 15.9 Å². The third kappa shape index (κ3) is 5.34. The fourth-order valence-corrected chi connectivity index (χ4v) is 4.31. The van der Waals surface area contributed by atoms with E-state index in [0.29, 0.717) is 33.6 Å². The van der Waals surface area contributed by atoms with E-state index in [0.717, 1.165) is 22.0 Å². The Morgan fingerprint density at radius 1 is 0.811 bits per heavy atom. The molecule has 10 heteroatoms. The normalized spacial score (nSPS) is 10.8. The van der Waals surface area contributed by atoms with Gasteiger partial charge in [0, 0.05) is 22.5 Å². The van der Waals surface area contributed by atoms with E-state index in [2.05, 4.69) is 46.7 Å². The van der Waals surface area contributed by atoms with Crippen LogP contribution in [0, 0.1) is 6.92 Å². The molecular weight excluding hydrogens is 534 g/mol. The second-order valence-corrected chi connectivity index (χ2v) is 9.04. The standard InChI is InChI=1S/C19H17N5O.C8H5BrN2O/c1-13-11-17(22-21-13)20-18-15-9-5-6-10-16(15)19(25)24(23-18)12-14-7-3-2-4-8-14;9-7-5-3-1-2-4-6(5)8(12)11-10-7/h2-11H,12H2,1H3,(H2,20,21,22,23);1-4H,(H,11,12). The molecule has 37 heavy (non-hydrogen) atoms. The smallest absolute Gasteiger partial charge is 0.275 e. The van der Waals surface area contributed by atoms with E-state index in [1.165, 1.54) is 4.68 Å². The van der Waals surface area contributed by atoms with Crippen LogP contribution < -0.4 is 16.4 Å². The van der Waals surface area contributed by atoms with Gasteiger partial charge in [-0.3, -0.25) is 14.7 Å². The van der Waals surface area contributed by atoms with Crippen molar-refractivity contribution >= 4 is 49.1 Å². The van der Waals surface area contributed by atoms with Crippen molar-refractivity contribution in [3.63, 3.8) is 0 Å². The highest BCUT2D eigenvalue weighted by Crippen LogP contribution is 2.22. The van der Waals surface area contributed by atoms with Gasteiger partial charge in [-0.1, -0.05) is 66.7 Å². The molecule has 3 aromatic carbocycles. The minimum absolute atomic E-state index is 0.108. The maximum atomic E-state index is 12.8. The molecule has 0 aliphatic carbocycles. The highest BCUT2D eigenvalue weighted by atomic mass is 79.9. The third-order valence-electron chi connectivity index (χ3n) is 5.64. The molecule has 0 atom stereocenters. The monoisotopic (exact) mass is 555 g/mol. The second-order valence-electron chi connectivity index (χ2n) is 8.29. The number of nitrogens with one attached hydrogen (secondary N) is 3. The highest BCUT2D eigenvalue weighted by molar-refractivity contribution is 9.10. The molecule has 0 radical (unpaired) electrons. The summed E-state index contributed by atoms with van der Waals surface area (Å²) in [5.74, 6) is 1.28. The minimum Gasteiger partial charge on any atom is -0.321 e. The molecule has 184 valence electrons. The van der Waals surface area contributed by atoms with Crippen LogP contribution in [-0.2, 0) is 6.54 Å². The zero-order chi connectivity index (χ0) is 25.8. The molecule has 3 heterocycles. The maximum Gasteiger partial charge on any atom is 0.275 e. The van der Waals surface area contributed by atoms with Gasteiger partial charge < -0.3 is 5.32 Å². The van der Waals surface area contributed by atoms with Gasteiger partial charge >= 0.3 is 0 Å². The van der Waals surface area contributed by atoms with Crippen LogP contribution in [0.15, 0.2) is 99.1 Å². The first-order valence-electron chi connectivity index (χ1n) is 11.5. The van der Waals surface area contributed by atoms with Crippen LogP contribution in [0.2, 0.25) is 0 Å². The van der Waals surface area contributed by atoms with Crippen LogP contribution in [0.3, 0.4) is 0 Å². The van der Waals surface area contributed by atoms with Crippen molar-refractivity contribution in [2.24, 2.45) is 0 Å². The number of aromatic nitrogens is 6. The maximum absolute atomic E-state index is 12.8. The van der Waals surface area contributed by atoms with E-state index >= 15 is 0 Å². The molecule has 0 aliphatic rings. The Hall–Kier alpha value is -4.57. The number of halogens is 1. The van der Waals surface area contributed by atoms with Crippen molar-refractivity contribution in [2.75, 3.05) is 5.32 Å². The summed E-state index contributed by atoms with van der Waals surface area (Å²) in [5.41, 5.74) is 1.70. The van der Waals surface area contributed by atoms with Gasteiger partial charge in [-0.15, -0.1) is 0 Å². The van der Waals surface area contributed by atoms with E-state index in [1.807, 2.05) is 85.8 Å². The lowest BCUT2D eigenvalue weighted by Gasteiger charge is -2.11. The second kappa shape index (κ2) is 10.6. The van der Waals surface area contributed by atoms with Gasteiger partial charge in [0.2, 0.25) is 0 Å². The molecule has 0 fully saturated rings. The first-order chi connectivity index (χ1) is 18.0. The molecule has 0 unspecified atom stereocenters. The lowest BCUT2D eigenvalue weighted by Crippen LogP contribution is -2.24. The molecule has 0 spiro atoms. The summed E-state index contributed by atoms with van der Waals surface area (Å²) in [6.45, 7) is 2.35. The Morgan fingerprint density at radius 2 is 1.46 bits per heavy atom. The number of benzene rings is 3. The summed E-state index contributed by atoms with van der Waals surface area (Å²) in [5, 5.41) is 23.9. The molecule has 6 aromatic rings. The van der Waals surface area contributed by atoms with Gasteiger partial charge in [0.1, 0.15) is 4.60 Å². The summed E-state index contributed by atoms with van der Waals surface area (Å²) < 4.78 is 2.15. The average Bonchev–Trinajstić information content (AvgIpc) is 3.34. The molecule has 3 N–H and O–H groups in total. The summed E-state index contributed by atoms with van der Waals surface area (Å²) in [4.78, 5) is 24.0. The van der Waals surface area contributed by atoms with Crippen LogP contribution in [0.25, 0.3) is 21.5 Å². The molecule has 0 amide bonds. The summed E-state index contributed by atoms with van der Waals surface area (Å²) in [6.07, 6.45) is 0. The highest BCUT2D eigenvalue weighted by Gasteiger charge is 2.12. The molecule has 0 aliphatic heterocycles. The van der Waals surface area contributed by atoms with Crippen molar-refractivity contribution < 1.29 is 0 Å². The SMILES string of the molecule is Cc1cc(Nc2nn(Cc3ccccc3)c(=O)c3ccccc23)n[nH]1.O=c1[nH]nc(Br)c2ccccc12. The van der Waals surface area contributed by atoms with Gasteiger partial charge in [-0.25, -0.2) is 9.78 Å². The Kier molecular flexibility index (Phi) is 6.91. The lowest BCUT2D eigenvalue weighted by atomic mass is 10.2. The fraction of sp³-hybridized carbons (Fsp3) is 0.0741. The number of nitrogens with zero attached hydrogens (tertiary/aromatic N) is 4. The van der Waals surface area contributed by atoms with Crippen LogP contribution in [-0.4, -0.2) is 30.2 Å². The van der Waals surface area contributed by atoms with Crippen molar-refractivity contribution in [3.8, 4) is 0 Å². The Labute approximate surface area is 219 Å². The van der Waals surface area contributed by atoms with Gasteiger partial charge in [0.05, 0.1) is 17.3 Å². The number of aryl methyl sites for hydroxylation is 1. The third-order valence-corrected chi connectivity index (χ3v) is 6.25. The molecule has 0 bridgehead atoms. The van der Waals surface area contributed by atoms with E-state index < -0.39 is 0 Å². The Balaban J connectivity index is 0.000000195. The number of rotatable bonds is 4. The number of anilines is 2. The van der Waals surface area contributed by atoms with Crippen molar-refractivity contribution in [1.82, 2.24) is 30.2 Å². The molecule has 3 aromatic heterocycles. The number of fused-ring (bicyclic) bond motifs is 2. The average molecular weight is 556 g/mol. The molecule has 0 saturated carbocycles. The van der Waals surface area contributed by atoms with Crippen molar-refractivity contribution in [2.45, 2.75) is 13.5 Å². The summed E-state index contributed by atoms with van der Waals surface area (Å²) >= 11 is 3.25. The molecule has 9 nitrogen and oxygen atoms in total. The Bertz CT molecular complexity index is 1810. The van der Waals surface area contributed by atoms with Crippen molar-refractivity contribution in [1.29, 1.82) is 0 Å². The first kappa shape index (κ1) is 24.1. The van der Waals surface area contributed by atoms with Gasteiger partial charge in [-0.2, -0.15) is 15.3 Å². The first-order valence-corrected chi connectivity index (χ1v) is 12.2. The number of hydrogen-bond acceptors (Lipinski definition) is 6. The van der Waals surface area contributed by atoms with E-state index in [4.69, 9.17) is 0 Å². The summed E-state index contributed by atoms with van der Waals surface area (Å²) in [6, 6.07) is 26.5. The van der Waals surface area contributed by atoms with Crippen LogP contribution in [0.1, 0.15) is 11.3 Å². The topological polar surface area (TPSA) is 121 Å². The fourth-order valence-electron chi connectivity index (χ4n) is 3.88.